The van der Waals surface area contributed by atoms with E-state index in [-0.39, 0.29) is 12.1 Å². The topological polar surface area (TPSA) is 56.8 Å². The van der Waals surface area contributed by atoms with Crippen molar-refractivity contribution in [1.82, 2.24) is 5.32 Å². The first-order chi connectivity index (χ1) is 11.3. The minimum Gasteiger partial charge on any atom is -0.497 e. The summed E-state index contributed by atoms with van der Waals surface area (Å²) in [5.41, 5.74) is 2.05. The van der Waals surface area contributed by atoms with Gasteiger partial charge in [-0.2, -0.15) is 0 Å². The normalized spacial score (nSPS) is 20.0. The summed E-state index contributed by atoms with van der Waals surface area (Å²) in [4.78, 5) is 11.6. The van der Waals surface area contributed by atoms with Crippen LogP contribution in [-0.4, -0.2) is 25.9 Å². The molecular weight excluding hydrogens is 294 g/mol. The lowest BCUT2D eigenvalue weighted by Gasteiger charge is -2.17. The van der Waals surface area contributed by atoms with E-state index in [2.05, 4.69) is 5.32 Å². The average Bonchev–Trinajstić information content (AvgIpc) is 2.97. The SMILES string of the molecule is COc1ccc([C@H]2NC(=O)O[C@H]2COCc2ccccc2)cc1. The van der Waals surface area contributed by atoms with Crippen molar-refractivity contribution in [2.24, 2.45) is 0 Å². The van der Waals surface area contributed by atoms with E-state index in [0.29, 0.717) is 13.2 Å². The molecule has 1 fully saturated rings. The van der Waals surface area contributed by atoms with Crippen LogP contribution in [0.25, 0.3) is 0 Å². The van der Waals surface area contributed by atoms with E-state index >= 15 is 0 Å². The lowest BCUT2D eigenvalue weighted by atomic mass is 10.0. The summed E-state index contributed by atoms with van der Waals surface area (Å²) >= 11 is 0. The van der Waals surface area contributed by atoms with Gasteiger partial charge in [-0.1, -0.05) is 42.5 Å². The number of carbonyl (C=O) groups excluding carboxylic acids is 1. The first-order valence-corrected chi connectivity index (χ1v) is 7.49. The summed E-state index contributed by atoms with van der Waals surface area (Å²) in [6.07, 6.45) is -0.765. The molecule has 1 amide bonds. The minimum atomic E-state index is -0.417. The predicted octanol–water partition coefficient (Wildman–Crippen LogP) is 3.06. The molecule has 2 aromatic rings. The summed E-state index contributed by atoms with van der Waals surface area (Å²) in [5.74, 6) is 0.774. The Balaban J connectivity index is 1.61. The summed E-state index contributed by atoms with van der Waals surface area (Å²) in [6, 6.07) is 17.2. The van der Waals surface area contributed by atoms with Crippen molar-refractivity contribution in [2.45, 2.75) is 18.8 Å². The van der Waals surface area contributed by atoms with Gasteiger partial charge in [0, 0.05) is 0 Å². The fraction of sp³-hybridized carbons (Fsp3) is 0.278. The zero-order chi connectivity index (χ0) is 16.1. The van der Waals surface area contributed by atoms with Gasteiger partial charge in [0.05, 0.1) is 26.4 Å². The van der Waals surface area contributed by atoms with Crippen molar-refractivity contribution in [2.75, 3.05) is 13.7 Å². The summed E-state index contributed by atoms with van der Waals surface area (Å²) in [6.45, 7) is 0.828. The number of benzene rings is 2. The van der Waals surface area contributed by atoms with E-state index in [1.807, 2.05) is 54.6 Å². The molecule has 3 rings (SSSR count). The number of carbonyl (C=O) groups is 1. The van der Waals surface area contributed by atoms with Crippen molar-refractivity contribution < 1.29 is 19.0 Å². The highest BCUT2D eigenvalue weighted by molar-refractivity contribution is 5.70. The van der Waals surface area contributed by atoms with Crippen molar-refractivity contribution in [3.05, 3.63) is 65.7 Å². The van der Waals surface area contributed by atoms with Crippen LogP contribution in [0.1, 0.15) is 17.2 Å². The van der Waals surface area contributed by atoms with E-state index in [4.69, 9.17) is 14.2 Å². The van der Waals surface area contributed by atoms with Crippen LogP contribution in [0, 0.1) is 0 Å². The molecule has 5 heteroatoms. The number of nitrogens with one attached hydrogen (secondary N) is 1. The second-order valence-corrected chi connectivity index (χ2v) is 5.34. The molecule has 0 bridgehead atoms. The molecule has 23 heavy (non-hydrogen) atoms. The Kier molecular flexibility index (Phi) is 4.78. The van der Waals surface area contributed by atoms with Crippen molar-refractivity contribution in [1.29, 1.82) is 0 Å². The van der Waals surface area contributed by atoms with Crippen LogP contribution < -0.4 is 10.1 Å². The van der Waals surface area contributed by atoms with Crippen molar-refractivity contribution >= 4 is 6.09 Å². The molecule has 1 aliphatic rings. The zero-order valence-electron chi connectivity index (χ0n) is 12.9. The lowest BCUT2D eigenvalue weighted by Crippen LogP contribution is -2.26. The molecule has 120 valence electrons. The summed E-state index contributed by atoms with van der Waals surface area (Å²) in [5, 5.41) is 2.82. The highest BCUT2D eigenvalue weighted by atomic mass is 16.6. The van der Waals surface area contributed by atoms with Gasteiger partial charge in [-0.3, -0.25) is 0 Å². The number of ether oxygens (including phenoxy) is 3. The smallest absolute Gasteiger partial charge is 0.408 e. The number of methoxy groups -OCH3 is 1. The standard InChI is InChI=1S/C18H19NO4/c1-21-15-9-7-14(8-10-15)17-16(23-18(20)19-17)12-22-11-13-5-3-2-4-6-13/h2-10,16-17H,11-12H2,1H3,(H,19,20)/t16-,17+/m0/s1. The number of hydrogen-bond donors (Lipinski definition) is 1. The molecule has 1 saturated heterocycles. The molecule has 2 atom stereocenters. The Morgan fingerprint density at radius 2 is 1.83 bits per heavy atom. The third-order valence-corrected chi connectivity index (χ3v) is 3.77. The molecule has 1 aliphatic heterocycles. The quantitative estimate of drug-likeness (QED) is 0.890. The van der Waals surface area contributed by atoms with E-state index < -0.39 is 6.09 Å². The molecule has 1 N–H and O–H groups in total. The van der Waals surface area contributed by atoms with Gasteiger partial charge < -0.3 is 19.5 Å². The molecule has 5 nitrogen and oxygen atoms in total. The van der Waals surface area contributed by atoms with Gasteiger partial charge in [0.15, 0.2) is 6.10 Å². The van der Waals surface area contributed by atoms with Crippen LogP contribution in [0.15, 0.2) is 54.6 Å². The Bertz CT molecular complexity index is 642. The summed E-state index contributed by atoms with van der Waals surface area (Å²) < 4.78 is 16.2. The van der Waals surface area contributed by atoms with Crippen LogP contribution in [0.2, 0.25) is 0 Å². The number of rotatable bonds is 6. The molecule has 0 spiro atoms. The Morgan fingerprint density at radius 1 is 1.09 bits per heavy atom. The maximum atomic E-state index is 11.6. The first-order valence-electron chi connectivity index (χ1n) is 7.49. The maximum Gasteiger partial charge on any atom is 0.408 e. The molecule has 0 unspecified atom stereocenters. The van der Waals surface area contributed by atoms with Crippen molar-refractivity contribution in [3.8, 4) is 5.75 Å². The molecule has 0 radical (unpaired) electrons. The second-order valence-electron chi connectivity index (χ2n) is 5.34. The molecule has 2 aromatic carbocycles. The second kappa shape index (κ2) is 7.15. The van der Waals surface area contributed by atoms with Crippen LogP contribution in [0.4, 0.5) is 4.79 Å². The highest BCUT2D eigenvalue weighted by Crippen LogP contribution is 2.26. The fourth-order valence-corrected chi connectivity index (χ4v) is 2.57. The van der Waals surface area contributed by atoms with Crippen LogP contribution >= 0.6 is 0 Å². The fourth-order valence-electron chi connectivity index (χ4n) is 2.57. The molecule has 0 aliphatic carbocycles. The van der Waals surface area contributed by atoms with Gasteiger partial charge in [-0.05, 0) is 23.3 Å². The highest BCUT2D eigenvalue weighted by Gasteiger charge is 2.35. The van der Waals surface area contributed by atoms with Crippen LogP contribution in [0.5, 0.6) is 5.75 Å². The van der Waals surface area contributed by atoms with Gasteiger partial charge >= 0.3 is 6.09 Å². The summed E-state index contributed by atoms with van der Waals surface area (Å²) in [7, 11) is 1.62. The minimum absolute atomic E-state index is 0.218. The maximum absolute atomic E-state index is 11.6. The lowest BCUT2D eigenvalue weighted by molar-refractivity contribution is 0.0271. The number of hydrogen-bond acceptors (Lipinski definition) is 4. The molecule has 1 heterocycles. The largest absolute Gasteiger partial charge is 0.497 e. The van der Waals surface area contributed by atoms with E-state index in [1.54, 1.807) is 7.11 Å². The van der Waals surface area contributed by atoms with Crippen LogP contribution in [-0.2, 0) is 16.1 Å². The average molecular weight is 313 g/mol. The van der Waals surface area contributed by atoms with E-state index in [9.17, 15) is 4.79 Å². The van der Waals surface area contributed by atoms with Crippen molar-refractivity contribution in [3.63, 3.8) is 0 Å². The zero-order valence-corrected chi connectivity index (χ0v) is 12.9. The predicted molar refractivity (Wildman–Crippen MR) is 85.2 cm³/mol. The van der Waals surface area contributed by atoms with Gasteiger partial charge in [0.1, 0.15) is 5.75 Å². The number of amides is 1. The Labute approximate surface area is 135 Å². The van der Waals surface area contributed by atoms with Gasteiger partial charge in [-0.15, -0.1) is 0 Å². The molecule has 0 saturated carbocycles. The number of alkyl carbamates (subject to hydrolysis) is 1. The third-order valence-electron chi connectivity index (χ3n) is 3.77. The molecular formula is C18H19NO4. The first kappa shape index (κ1) is 15.4. The van der Waals surface area contributed by atoms with Crippen LogP contribution in [0.3, 0.4) is 0 Å². The van der Waals surface area contributed by atoms with E-state index in [0.717, 1.165) is 16.9 Å². The molecule has 0 aromatic heterocycles. The van der Waals surface area contributed by atoms with E-state index in [1.165, 1.54) is 0 Å². The number of cyclic esters (lactones) is 1. The van der Waals surface area contributed by atoms with Gasteiger partial charge in [0.25, 0.3) is 0 Å². The van der Waals surface area contributed by atoms with Gasteiger partial charge in [-0.25, -0.2) is 4.79 Å². The monoisotopic (exact) mass is 313 g/mol. The Morgan fingerprint density at radius 3 is 2.52 bits per heavy atom. The Hall–Kier alpha value is -2.53. The van der Waals surface area contributed by atoms with Gasteiger partial charge in [0.2, 0.25) is 0 Å². The third kappa shape index (κ3) is 3.81.